The summed E-state index contributed by atoms with van der Waals surface area (Å²) in [6.45, 7) is 3.55. The molecule has 140 valence electrons. The van der Waals surface area contributed by atoms with Gasteiger partial charge in [-0.2, -0.15) is 0 Å². The predicted molar refractivity (Wildman–Crippen MR) is 102 cm³/mol. The van der Waals surface area contributed by atoms with Gasteiger partial charge in [0.25, 0.3) is 11.5 Å². The van der Waals surface area contributed by atoms with Crippen LogP contribution in [0.25, 0.3) is 0 Å². The Balaban J connectivity index is 1.44. The van der Waals surface area contributed by atoms with E-state index in [0.29, 0.717) is 37.2 Å². The van der Waals surface area contributed by atoms with Gasteiger partial charge in [0.1, 0.15) is 5.56 Å². The number of ketones is 1. The van der Waals surface area contributed by atoms with Gasteiger partial charge in [0, 0.05) is 50.4 Å². The van der Waals surface area contributed by atoms with Crippen molar-refractivity contribution in [3.05, 3.63) is 69.1 Å². The molecule has 6 nitrogen and oxygen atoms in total. The highest BCUT2D eigenvalue weighted by Gasteiger charge is 2.27. The maximum Gasteiger partial charge on any atom is 0.261 e. The van der Waals surface area contributed by atoms with Gasteiger partial charge in [0.05, 0.1) is 0 Å². The van der Waals surface area contributed by atoms with Gasteiger partial charge in [-0.15, -0.1) is 0 Å². The first-order valence-corrected chi connectivity index (χ1v) is 9.47. The second-order valence-corrected chi connectivity index (χ2v) is 7.24. The van der Waals surface area contributed by atoms with Gasteiger partial charge in [0.15, 0.2) is 5.78 Å². The van der Waals surface area contributed by atoms with E-state index < -0.39 is 0 Å². The van der Waals surface area contributed by atoms with E-state index in [1.165, 1.54) is 11.6 Å². The Labute approximate surface area is 157 Å². The number of H-pyrrole nitrogens is 1. The van der Waals surface area contributed by atoms with Gasteiger partial charge >= 0.3 is 0 Å². The molecule has 0 saturated carbocycles. The van der Waals surface area contributed by atoms with Crippen LogP contribution in [0.4, 0.5) is 0 Å². The molecule has 4 rings (SSSR count). The van der Waals surface area contributed by atoms with Crippen LogP contribution in [0.3, 0.4) is 0 Å². The number of hydrogen-bond acceptors (Lipinski definition) is 4. The normalized spacial score (nSPS) is 17.6. The Morgan fingerprint density at radius 1 is 1.00 bits per heavy atom. The first-order chi connectivity index (χ1) is 13.1. The molecule has 1 N–H and O–H groups in total. The largest absolute Gasteiger partial charge is 0.336 e. The fourth-order valence-electron chi connectivity index (χ4n) is 3.85. The average Bonchev–Trinajstić information content (AvgIpc) is 2.69. The Kier molecular flexibility index (Phi) is 4.90. The third kappa shape index (κ3) is 3.71. The van der Waals surface area contributed by atoms with Crippen molar-refractivity contribution in [2.24, 2.45) is 0 Å². The quantitative estimate of drug-likeness (QED) is 0.901. The highest BCUT2D eigenvalue weighted by Crippen LogP contribution is 2.19. The number of rotatable bonds is 3. The molecule has 1 aliphatic carbocycles. The van der Waals surface area contributed by atoms with Crippen molar-refractivity contribution in [2.45, 2.75) is 25.8 Å². The van der Waals surface area contributed by atoms with E-state index in [9.17, 15) is 14.4 Å². The highest BCUT2D eigenvalue weighted by atomic mass is 16.2. The van der Waals surface area contributed by atoms with E-state index in [1.807, 2.05) is 18.2 Å². The molecule has 0 bridgehead atoms. The van der Waals surface area contributed by atoms with E-state index in [1.54, 1.807) is 4.90 Å². The van der Waals surface area contributed by atoms with E-state index >= 15 is 0 Å². The predicted octanol–water partition coefficient (Wildman–Crippen LogP) is 1.85. The Bertz CT molecular complexity index is 912. The molecule has 1 aromatic carbocycles. The number of aromatic nitrogens is 1. The van der Waals surface area contributed by atoms with Crippen molar-refractivity contribution in [3.63, 3.8) is 0 Å². The van der Waals surface area contributed by atoms with Crippen LogP contribution in [0.1, 0.15) is 44.8 Å². The van der Waals surface area contributed by atoms with Gasteiger partial charge in [0.2, 0.25) is 0 Å². The summed E-state index contributed by atoms with van der Waals surface area (Å²) in [5, 5.41) is 0. The Morgan fingerprint density at radius 2 is 1.74 bits per heavy atom. The molecule has 0 spiro atoms. The number of carbonyl (C=O) groups excluding carboxylic acids is 2. The van der Waals surface area contributed by atoms with Crippen LogP contribution in [0.2, 0.25) is 0 Å². The number of aromatic amines is 1. The summed E-state index contributed by atoms with van der Waals surface area (Å²) in [5.41, 5.74) is 2.12. The lowest BCUT2D eigenvalue weighted by atomic mass is 9.93. The van der Waals surface area contributed by atoms with Crippen LogP contribution >= 0.6 is 0 Å². The number of hydrogen-bond donors (Lipinski definition) is 1. The van der Waals surface area contributed by atoms with Crippen LogP contribution in [0, 0.1) is 0 Å². The van der Waals surface area contributed by atoms with Crippen molar-refractivity contribution >= 4 is 11.7 Å². The Morgan fingerprint density at radius 3 is 2.48 bits per heavy atom. The van der Waals surface area contributed by atoms with Crippen molar-refractivity contribution < 1.29 is 9.59 Å². The van der Waals surface area contributed by atoms with Gasteiger partial charge in [-0.25, -0.2) is 0 Å². The maximum atomic E-state index is 12.9. The van der Waals surface area contributed by atoms with E-state index in [0.717, 1.165) is 26.1 Å². The fourth-order valence-corrected chi connectivity index (χ4v) is 3.85. The number of pyridine rings is 1. The van der Waals surface area contributed by atoms with Gasteiger partial charge < -0.3 is 9.88 Å². The minimum Gasteiger partial charge on any atom is -0.336 e. The topological polar surface area (TPSA) is 73.5 Å². The molecule has 1 aliphatic heterocycles. The summed E-state index contributed by atoms with van der Waals surface area (Å²) >= 11 is 0. The number of amides is 1. The molecular formula is C21H23N3O3. The summed E-state index contributed by atoms with van der Waals surface area (Å²) < 4.78 is 0. The van der Waals surface area contributed by atoms with Crippen molar-refractivity contribution in [1.82, 2.24) is 14.8 Å². The third-order valence-electron chi connectivity index (χ3n) is 5.39. The third-order valence-corrected chi connectivity index (χ3v) is 5.39. The summed E-state index contributed by atoms with van der Waals surface area (Å²) in [4.78, 5) is 44.1. The molecule has 27 heavy (non-hydrogen) atoms. The summed E-state index contributed by atoms with van der Waals surface area (Å²) in [6.07, 6.45) is 1.91. The molecule has 1 fully saturated rings. The van der Waals surface area contributed by atoms with Crippen LogP contribution in [-0.4, -0.2) is 52.7 Å². The maximum absolute atomic E-state index is 12.9. The lowest BCUT2D eigenvalue weighted by Crippen LogP contribution is -2.49. The lowest BCUT2D eigenvalue weighted by molar-refractivity contribution is 0.0626. The molecular weight excluding hydrogens is 342 g/mol. The molecule has 6 heteroatoms. The van der Waals surface area contributed by atoms with Crippen molar-refractivity contribution in [3.8, 4) is 0 Å². The fraction of sp³-hybridized carbons (Fsp3) is 0.381. The van der Waals surface area contributed by atoms with Gasteiger partial charge in [-0.3, -0.25) is 19.3 Å². The number of fused-ring (bicyclic) bond motifs is 1. The SMILES string of the molecule is O=C1CCCc2[nH]c(=O)c(C(=O)N3CCN(Cc4ccccc4)CC3)cc21. The number of nitrogens with zero attached hydrogens (tertiary/aromatic N) is 2. The van der Waals surface area contributed by atoms with Crippen LogP contribution in [0.15, 0.2) is 41.2 Å². The molecule has 2 aromatic rings. The molecule has 1 amide bonds. The van der Waals surface area contributed by atoms with Gasteiger partial charge in [-0.05, 0) is 24.5 Å². The number of piperazine rings is 1. The smallest absolute Gasteiger partial charge is 0.261 e. The lowest BCUT2D eigenvalue weighted by Gasteiger charge is -2.34. The van der Waals surface area contributed by atoms with Gasteiger partial charge in [-0.1, -0.05) is 30.3 Å². The zero-order valence-electron chi connectivity index (χ0n) is 15.2. The second kappa shape index (κ2) is 7.48. The van der Waals surface area contributed by atoms with E-state index in [4.69, 9.17) is 0 Å². The molecule has 0 unspecified atom stereocenters. The number of carbonyl (C=O) groups is 2. The zero-order valence-corrected chi connectivity index (χ0v) is 15.2. The Hall–Kier alpha value is -2.73. The van der Waals surface area contributed by atoms with Crippen LogP contribution in [0.5, 0.6) is 0 Å². The number of Topliss-reactive ketones (excluding diaryl/α,β-unsaturated/α-hetero) is 1. The molecule has 2 aliphatic rings. The van der Waals surface area contributed by atoms with Crippen LogP contribution in [-0.2, 0) is 13.0 Å². The molecule has 0 atom stereocenters. The number of aryl methyl sites for hydroxylation is 1. The first-order valence-electron chi connectivity index (χ1n) is 9.47. The zero-order chi connectivity index (χ0) is 18.8. The molecule has 1 aromatic heterocycles. The first kappa shape index (κ1) is 17.7. The summed E-state index contributed by atoms with van der Waals surface area (Å²) in [6, 6.07) is 11.8. The molecule has 0 radical (unpaired) electrons. The van der Waals surface area contributed by atoms with Crippen LogP contribution < -0.4 is 5.56 Å². The average molecular weight is 365 g/mol. The summed E-state index contributed by atoms with van der Waals surface area (Å²) in [7, 11) is 0. The number of benzene rings is 1. The minimum atomic E-state index is -0.389. The summed E-state index contributed by atoms with van der Waals surface area (Å²) in [5.74, 6) is -0.272. The second-order valence-electron chi connectivity index (χ2n) is 7.24. The number of nitrogens with one attached hydrogen (secondary N) is 1. The highest BCUT2D eigenvalue weighted by molar-refractivity contribution is 6.01. The van der Waals surface area contributed by atoms with Crippen molar-refractivity contribution in [2.75, 3.05) is 26.2 Å². The monoisotopic (exact) mass is 365 g/mol. The standard InChI is InChI=1S/C21H23N3O3/c25-19-8-4-7-18-16(19)13-17(20(26)22-18)21(27)24-11-9-23(10-12-24)14-15-5-2-1-3-6-15/h1-3,5-6,13H,4,7-12,14H2,(H,22,26). The molecule has 2 heterocycles. The minimum absolute atomic E-state index is 0.00855. The van der Waals surface area contributed by atoms with Crippen molar-refractivity contribution in [1.29, 1.82) is 0 Å². The molecule has 1 saturated heterocycles. The van der Waals surface area contributed by atoms with E-state index in [-0.39, 0.29) is 22.8 Å². The van der Waals surface area contributed by atoms with E-state index in [2.05, 4.69) is 22.0 Å².